The first-order valence-corrected chi connectivity index (χ1v) is 11.6. The van der Waals surface area contributed by atoms with Crippen LogP contribution in [0.5, 0.6) is 0 Å². The van der Waals surface area contributed by atoms with Gasteiger partial charge in [-0.25, -0.2) is 4.98 Å². The molecule has 31 heavy (non-hydrogen) atoms. The van der Waals surface area contributed by atoms with Crippen LogP contribution in [0.15, 0.2) is 21.9 Å². The summed E-state index contributed by atoms with van der Waals surface area (Å²) in [6, 6.07) is 4.02. The van der Waals surface area contributed by atoms with Crippen molar-refractivity contribution in [2.24, 2.45) is 0 Å². The van der Waals surface area contributed by atoms with E-state index in [-0.39, 0.29) is 17.9 Å². The van der Waals surface area contributed by atoms with Crippen LogP contribution in [0.25, 0.3) is 0 Å². The number of likely N-dealkylation sites (tertiary alicyclic amines) is 1. The molecular weight excluding hydrogens is 412 g/mol. The summed E-state index contributed by atoms with van der Waals surface area (Å²) in [6.07, 6.45) is 2.69. The second kappa shape index (κ2) is 9.13. The Morgan fingerprint density at radius 2 is 2.10 bits per heavy atom. The van der Waals surface area contributed by atoms with Gasteiger partial charge in [-0.2, -0.15) is 0 Å². The molecule has 1 N–H and O–H groups in total. The molecule has 0 aliphatic carbocycles. The lowest BCUT2D eigenvalue weighted by Gasteiger charge is -2.25. The number of thiazole rings is 1. The lowest BCUT2D eigenvalue weighted by atomic mass is 10.1. The largest absolute Gasteiger partial charge is 0.425 e. The molecule has 1 amide bonds. The van der Waals surface area contributed by atoms with Crippen LogP contribution in [0.4, 0.5) is 10.8 Å². The number of hydrogen-bond donors (Lipinski definition) is 1. The Bertz CT molecular complexity index is 1060. The van der Waals surface area contributed by atoms with Gasteiger partial charge in [0.25, 0.3) is 0 Å². The zero-order valence-corrected chi connectivity index (χ0v) is 19.2. The molecule has 0 aromatic carbocycles. The van der Waals surface area contributed by atoms with Gasteiger partial charge in [0.15, 0.2) is 5.13 Å². The summed E-state index contributed by atoms with van der Waals surface area (Å²) in [6.45, 7) is 8.71. The highest BCUT2D eigenvalue weighted by atomic mass is 32.1. The summed E-state index contributed by atoms with van der Waals surface area (Å²) in [4.78, 5) is 24.2. The van der Waals surface area contributed by atoms with Crippen molar-refractivity contribution in [3.63, 3.8) is 0 Å². The van der Waals surface area contributed by atoms with Crippen molar-refractivity contribution in [1.29, 1.82) is 0 Å². The molecule has 9 heteroatoms. The van der Waals surface area contributed by atoms with Crippen LogP contribution in [0, 0.1) is 13.8 Å². The van der Waals surface area contributed by atoms with E-state index in [4.69, 9.17) is 9.40 Å². The van der Waals surface area contributed by atoms with Gasteiger partial charge in [0.2, 0.25) is 17.7 Å². The second-order valence-corrected chi connectivity index (χ2v) is 9.13. The summed E-state index contributed by atoms with van der Waals surface area (Å²) in [5.74, 6) is 1.41. The fraction of sp³-hybridized carbons (Fsp3) is 0.500. The number of carbonyl (C=O) groups excluding carboxylic acids is 1. The minimum Gasteiger partial charge on any atom is -0.425 e. The van der Waals surface area contributed by atoms with E-state index in [2.05, 4.69) is 20.5 Å². The van der Waals surface area contributed by atoms with Crippen LogP contribution in [0.3, 0.4) is 0 Å². The maximum atomic E-state index is 13.0. The maximum Gasteiger partial charge on any atom is 0.223 e. The Balaban J connectivity index is 1.45. The number of nitrogens with one attached hydrogen (secondary N) is 1. The molecule has 1 atom stereocenters. The van der Waals surface area contributed by atoms with Gasteiger partial charge in [-0.05, 0) is 38.8 Å². The maximum absolute atomic E-state index is 13.0. The van der Waals surface area contributed by atoms with Gasteiger partial charge < -0.3 is 14.6 Å². The number of rotatable bonds is 7. The van der Waals surface area contributed by atoms with E-state index in [0.717, 1.165) is 47.3 Å². The molecular formula is C22H28N6O2S. The van der Waals surface area contributed by atoms with Gasteiger partial charge in [-0.3, -0.25) is 9.78 Å². The van der Waals surface area contributed by atoms with Gasteiger partial charge in [0, 0.05) is 42.1 Å². The summed E-state index contributed by atoms with van der Waals surface area (Å²) in [5, 5.41) is 14.4. The van der Waals surface area contributed by atoms with Crippen LogP contribution in [-0.4, -0.2) is 37.5 Å². The molecule has 0 spiro atoms. The number of hydrogen-bond acceptors (Lipinski definition) is 8. The predicted molar refractivity (Wildman–Crippen MR) is 120 cm³/mol. The summed E-state index contributed by atoms with van der Waals surface area (Å²) < 4.78 is 5.64. The van der Waals surface area contributed by atoms with E-state index >= 15 is 0 Å². The van der Waals surface area contributed by atoms with Crippen LogP contribution >= 0.6 is 11.3 Å². The lowest BCUT2D eigenvalue weighted by Crippen LogP contribution is -2.31. The van der Waals surface area contributed by atoms with Crippen molar-refractivity contribution < 1.29 is 9.21 Å². The van der Waals surface area contributed by atoms with Crippen LogP contribution in [0.2, 0.25) is 0 Å². The molecule has 3 aromatic heterocycles. The van der Waals surface area contributed by atoms with Gasteiger partial charge in [0.1, 0.15) is 0 Å². The van der Waals surface area contributed by atoms with Crippen LogP contribution in [0.1, 0.15) is 73.9 Å². The van der Waals surface area contributed by atoms with Gasteiger partial charge in [0.05, 0.1) is 17.4 Å². The van der Waals surface area contributed by atoms with Crippen LogP contribution < -0.4 is 5.32 Å². The number of anilines is 2. The molecule has 164 valence electrons. The Kier molecular flexibility index (Phi) is 6.31. The van der Waals surface area contributed by atoms with E-state index in [9.17, 15) is 4.79 Å². The van der Waals surface area contributed by atoms with Crippen molar-refractivity contribution in [3.8, 4) is 0 Å². The van der Waals surface area contributed by atoms with Gasteiger partial charge in [-0.1, -0.05) is 13.8 Å². The van der Waals surface area contributed by atoms with Crippen molar-refractivity contribution >= 4 is 28.1 Å². The molecule has 0 unspecified atom stereocenters. The first-order valence-electron chi connectivity index (χ1n) is 10.7. The third kappa shape index (κ3) is 5.10. The Morgan fingerprint density at radius 3 is 2.81 bits per heavy atom. The molecule has 1 aliphatic rings. The van der Waals surface area contributed by atoms with Crippen LogP contribution in [-0.2, 0) is 11.2 Å². The SMILES string of the molecule is Cc1cc(Nc2nc(C)cs2)cc([C@@H]2CCCN2C(=O)CCc2nnc(C(C)C)o2)n1. The van der Waals surface area contributed by atoms with Crippen molar-refractivity contribution in [2.75, 3.05) is 11.9 Å². The fourth-order valence-electron chi connectivity index (χ4n) is 3.80. The first-order chi connectivity index (χ1) is 14.9. The molecule has 0 radical (unpaired) electrons. The van der Waals surface area contributed by atoms with E-state index in [1.54, 1.807) is 11.3 Å². The minimum atomic E-state index is -0.0140. The monoisotopic (exact) mass is 440 g/mol. The number of carbonyl (C=O) groups is 1. The number of amides is 1. The normalized spacial score (nSPS) is 16.3. The van der Waals surface area contributed by atoms with Crippen molar-refractivity contribution in [1.82, 2.24) is 25.1 Å². The molecule has 0 saturated carbocycles. The molecule has 1 saturated heterocycles. The van der Waals surface area contributed by atoms with Gasteiger partial charge >= 0.3 is 0 Å². The molecule has 1 fully saturated rings. The van der Waals surface area contributed by atoms with E-state index < -0.39 is 0 Å². The van der Waals surface area contributed by atoms with Crippen molar-refractivity contribution in [3.05, 3.63) is 46.4 Å². The zero-order valence-electron chi connectivity index (χ0n) is 18.4. The Morgan fingerprint density at radius 1 is 1.26 bits per heavy atom. The number of aromatic nitrogens is 4. The smallest absolute Gasteiger partial charge is 0.223 e. The predicted octanol–water partition coefficient (Wildman–Crippen LogP) is 4.70. The summed E-state index contributed by atoms with van der Waals surface area (Å²) in [5.41, 5.74) is 3.78. The third-order valence-electron chi connectivity index (χ3n) is 5.29. The minimum absolute atomic E-state index is 0.0140. The molecule has 0 bridgehead atoms. The molecule has 4 heterocycles. The summed E-state index contributed by atoms with van der Waals surface area (Å²) in [7, 11) is 0. The average molecular weight is 441 g/mol. The number of nitrogens with zero attached hydrogens (tertiary/aromatic N) is 5. The molecule has 4 rings (SSSR count). The number of pyridine rings is 1. The molecule has 1 aliphatic heterocycles. The highest BCUT2D eigenvalue weighted by Gasteiger charge is 2.31. The first kappa shape index (κ1) is 21.4. The highest BCUT2D eigenvalue weighted by Crippen LogP contribution is 2.33. The Labute approximate surface area is 186 Å². The third-order valence-corrected chi connectivity index (χ3v) is 6.16. The molecule has 8 nitrogen and oxygen atoms in total. The molecule has 3 aromatic rings. The second-order valence-electron chi connectivity index (χ2n) is 8.28. The zero-order chi connectivity index (χ0) is 22.0. The number of aryl methyl sites for hydroxylation is 3. The average Bonchev–Trinajstić information content (AvgIpc) is 3.46. The highest BCUT2D eigenvalue weighted by molar-refractivity contribution is 7.13. The van der Waals surface area contributed by atoms with E-state index in [1.165, 1.54) is 0 Å². The van der Waals surface area contributed by atoms with E-state index in [0.29, 0.717) is 24.6 Å². The quantitative estimate of drug-likeness (QED) is 0.568. The van der Waals surface area contributed by atoms with Gasteiger partial charge in [-0.15, -0.1) is 21.5 Å². The van der Waals surface area contributed by atoms with E-state index in [1.807, 2.05) is 50.1 Å². The topological polar surface area (TPSA) is 97.0 Å². The lowest BCUT2D eigenvalue weighted by molar-refractivity contribution is -0.132. The standard InChI is InChI=1S/C22H28N6O2S/c1-13(2)21-27-26-19(30-21)7-8-20(29)28-9-5-6-18(28)17-11-16(10-14(3)23-17)25-22-24-15(4)12-31-22/h10-13,18H,5-9H2,1-4H3,(H,23,24,25)/t18-/m0/s1. The Hall–Kier alpha value is -2.81. The summed E-state index contributed by atoms with van der Waals surface area (Å²) >= 11 is 1.57. The van der Waals surface area contributed by atoms with Crippen molar-refractivity contribution in [2.45, 2.75) is 65.3 Å². The fourth-order valence-corrected chi connectivity index (χ4v) is 4.51.